The normalized spacial score (nSPS) is 33.4. The van der Waals surface area contributed by atoms with Crippen LogP contribution in [0.15, 0.2) is 0 Å². The average molecular weight is 228 g/mol. The van der Waals surface area contributed by atoms with E-state index in [4.69, 9.17) is 0 Å². The molecule has 1 aliphatic rings. The zero-order valence-electron chi connectivity index (χ0n) is 10.8. The van der Waals surface area contributed by atoms with Crippen LogP contribution in [0.25, 0.3) is 0 Å². The predicted octanol–water partition coefficient (Wildman–Crippen LogP) is 2.67. The first-order chi connectivity index (χ1) is 7.20. The molecular weight excluding hydrogens is 204 g/mol. The molecule has 1 rings (SSSR count). The number of carboxylic acids is 1. The standard InChI is InChI=1S/C13H24O3/c1-9(14)13(11(15)16)7-5-10(6-8-13)12(2,3)4/h9-10,14H,5-8H2,1-4H3,(H,15,16)/t9-,10?,13?/m0/s1. The highest BCUT2D eigenvalue weighted by molar-refractivity contribution is 5.75. The van der Waals surface area contributed by atoms with Crippen LogP contribution < -0.4 is 0 Å². The van der Waals surface area contributed by atoms with Gasteiger partial charge in [-0.25, -0.2) is 0 Å². The van der Waals surface area contributed by atoms with Crippen molar-refractivity contribution < 1.29 is 15.0 Å². The summed E-state index contributed by atoms with van der Waals surface area (Å²) in [6.07, 6.45) is 2.25. The summed E-state index contributed by atoms with van der Waals surface area (Å²) in [4.78, 5) is 11.3. The third kappa shape index (κ3) is 2.40. The molecule has 2 N–H and O–H groups in total. The highest BCUT2D eigenvalue weighted by atomic mass is 16.4. The van der Waals surface area contributed by atoms with E-state index in [1.165, 1.54) is 0 Å². The minimum Gasteiger partial charge on any atom is -0.481 e. The minimum absolute atomic E-state index is 0.239. The minimum atomic E-state index is -0.901. The quantitative estimate of drug-likeness (QED) is 0.764. The number of hydrogen-bond donors (Lipinski definition) is 2. The van der Waals surface area contributed by atoms with Gasteiger partial charge in [-0.05, 0) is 43.9 Å². The van der Waals surface area contributed by atoms with E-state index in [9.17, 15) is 15.0 Å². The highest BCUT2D eigenvalue weighted by Gasteiger charge is 2.47. The van der Waals surface area contributed by atoms with Crippen LogP contribution in [0.4, 0.5) is 0 Å². The largest absolute Gasteiger partial charge is 0.481 e. The van der Waals surface area contributed by atoms with Gasteiger partial charge in [0.2, 0.25) is 0 Å². The summed E-state index contributed by atoms with van der Waals surface area (Å²) in [5.41, 5.74) is -0.662. The van der Waals surface area contributed by atoms with Crippen LogP contribution in [0, 0.1) is 16.7 Å². The monoisotopic (exact) mass is 228 g/mol. The van der Waals surface area contributed by atoms with E-state index in [-0.39, 0.29) is 5.41 Å². The van der Waals surface area contributed by atoms with Crippen molar-refractivity contribution in [3.8, 4) is 0 Å². The predicted molar refractivity (Wildman–Crippen MR) is 63.2 cm³/mol. The van der Waals surface area contributed by atoms with Gasteiger partial charge in [-0.3, -0.25) is 4.79 Å². The smallest absolute Gasteiger partial charge is 0.312 e. The number of aliphatic hydroxyl groups excluding tert-OH is 1. The van der Waals surface area contributed by atoms with E-state index < -0.39 is 17.5 Å². The number of rotatable bonds is 2. The average Bonchev–Trinajstić information content (AvgIpc) is 2.15. The van der Waals surface area contributed by atoms with Crippen LogP contribution >= 0.6 is 0 Å². The van der Waals surface area contributed by atoms with Crippen molar-refractivity contribution in [2.45, 2.75) is 59.5 Å². The molecule has 3 nitrogen and oxygen atoms in total. The van der Waals surface area contributed by atoms with Gasteiger partial charge in [0.1, 0.15) is 0 Å². The SMILES string of the molecule is C[C@H](O)C1(C(=O)O)CCC(C(C)(C)C)CC1. The topological polar surface area (TPSA) is 57.5 Å². The van der Waals surface area contributed by atoms with Gasteiger partial charge in [0.05, 0.1) is 11.5 Å². The Bertz CT molecular complexity index is 255. The first-order valence-electron chi connectivity index (χ1n) is 6.11. The van der Waals surface area contributed by atoms with Gasteiger partial charge < -0.3 is 10.2 Å². The van der Waals surface area contributed by atoms with Crippen LogP contribution in [0.3, 0.4) is 0 Å². The van der Waals surface area contributed by atoms with E-state index >= 15 is 0 Å². The van der Waals surface area contributed by atoms with Gasteiger partial charge in [-0.15, -0.1) is 0 Å². The molecular formula is C13H24O3. The van der Waals surface area contributed by atoms with E-state index in [1.807, 2.05) is 0 Å². The van der Waals surface area contributed by atoms with E-state index in [1.54, 1.807) is 6.92 Å². The Morgan fingerprint density at radius 2 is 1.75 bits per heavy atom. The number of aliphatic hydroxyl groups is 1. The number of carbonyl (C=O) groups is 1. The molecule has 0 heterocycles. The Labute approximate surface area is 97.9 Å². The molecule has 0 bridgehead atoms. The zero-order valence-corrected chi connectivity index (χ0v) is 10.8. The summed E-state index contributed by atoms with van der Waals surface area (Å²) in [7, 11) is 0. The molecule has 1 fully saturated rings. The molecule has 0 aliphatic heterocycles. The van der Waals surface area contributed by atoms with Crippen molar-refractivity contribution in [1.82, 2.24) is 0 Å². The molecule has 1 aliphatic carbocycles. The Kier molecular flexibility index (Phi) is 3.68. The highest BCUT2D eigenvalue weighted by Crippen LogP contribution is 2.47. The summed E-state index contributed by atoms with van der Waals surface area (Å²) in [6.45, 7) is 8.21. The van der Waals surface area contributed by atoms with Gasteiger partial charge >= 0.3 is 5.97 Å². The van der Waals surface area contributed by atoms with E-state index in [2.05, 4.69) is 20.8 Å². The lowest BCUT2D eigenvalue weighted by Gasteiger charge is -2.43. The van der Waals surface area contributed by atoms with Gasteiger partial charge in [-0.1, -0.05) is 20.8 Å². The number of aliphatic carboxylic acids is 1. The lowest BCUT2D eigenvalue weighted by atomic mass is 9.62. The molecule has 0 aromatic rings. The summed E-state index contributed by atoms with van der Waals surface area (Å²) in [5.74, 6) is -0.270. The van der Waals surface area contributed by atoms with Crippen molar-refractivity contribution in [2.24, 2.45) is 16.7 Å². The summed E-state index contributed by atoms with van der Waals surface area (Å²) in [5, 5.41) is 19.0. The zero-order chi connectivity index (χ0) is 12.6. The third-order valence-electron chi connectivity index (χ3n) is 4.33. The Hall–Kier alpha value is -0.570. The maximum Gasteiger partial charge on any atom is 0.312 e. The molecule has 0 aromatic heterocycles. The van der Waals surface area contributed by atoms with Gasteiger partial charge in [0, 0.05) is 0 Å². The van der Waals surface area contributed by atoms with Crippen molar-refractivity contribution >= 4 is 5.97 Å². The lowest BCUT2D eigenvalue weighted by molar-refractivity contribution is -0.160. The second-order valence-electron chi connectivity index (χ2n) is 6.28. The molecule has 16 heavy (non-hydrogen) atoms. The van der Waals surface area contributed by atoms with Crippen molar-refractivity contribution in [1.29, 1.82) is 0 Å². The van der Waals surface area contributed by atoms with Crippen molar-refractivity contribution in [2.75, 3.05) is 0 Å². The molecule has 0 amide bonds. The molecule has 94 valence electrons. The summed E-state index contributed by atoms with van der Waals surface area (Å²) >= 11 is 0. The molecule has 0 radical (unpaired) electrons. The second kappa shape index (κ2) is 4.36. The first-order valence-corrected chi connectivity index (χ1v) is 6.11. The number of hydrogen-bond acceptors (Lipinski definition) is 2. The maximum atomic E-state index is 11.3. The molecule has 1 saturated carbocycles. The number of carboxylic acid groups (broad SMARTS) is 1. The van der Waals surface area contributed by atoms with Gasteiger partial charge in [0.25, 0.3) is 0 Å². The Balaban J connectivity index is 2.75. The van der Waals surface area contributed by atoms with Crippen molar-refractivity contribution in [3.63, 3.8) is 0 Å². The van der Waals surface area contributed by atoms with Crippen LogP contribution in [-0.2, 0) is 4.79 Å². The fraction of sp³-hybridized carbons (Fsp3) is 0.923. The van der Waals surface area contributed by atoms with E-state index in [0.717, 1.165) is 12.8 Å². The fourth-order valence-corrected chi connectivity index (χ4v) is 2.81. The van der Waals surface area contributed by atoms with Gasteiger partial charge in [-0.2, -0.15) is 0 Å². The van der Waals surface area contributed by atoms with Crippen LogP contribution in [0.1, 0.15) is 53.4 Å². The Morgan fingerprint density at radius 3 is 2.00 bits per heavy atom. The molecule has 3 heteroatoms. The van der Waals surface area contributed by atoms with Crippen LogP contribution in [-0.4, -0.2) is 22.3 Å². The van der Waals surface area contributed by atoms with Gasteiger partial charge in [0.15, 0.2) is 0 Å². The van der Waals surface area contributed by atoms with Crippen LogP contribution in [0.2, 0.25) is 0 Å². The third-order valence-corrected chi connectivity index (χ3v) is 4.33. The van der Waals surface area contributed by atoms with Crippen LogP contribution in [0.5, 0.6) is 0 Å². The molecule has 0 unspecified atom stereocenters. The lowest BCUT2D eigenvalue weighted by Crippen LogP contribution is -2.45. The molecule has 0 saturated heterocycles. The summed E-state index contributed by atoms with van der Waals surface area (Å²) in [6, 6.07) is 0. The van der Waals surface area contributed by atoms with E-state index in [0.29, 0.717) is 18.8 Å². The molecule has 0 spiro atoms. The molecule has 0 aromatic carbocycles. The first kappa shape index (κ1) is 13.5. The molecule has 1 atom stereocenters. The fourth-order valence-electron chi connectivity index (χ4n) is 2.81. The summed E-state index contributed by atoms with van der Waals surface area (Å²) < 4.78 is 0. The van der Waals surface area contributed by atoms with Crippen molar-refractivity contribution in [3.05, 3.63) is 0 Å². The maximum absolute atomic E-state index is 11.3. The Morgan fingerprint density at radius 1 is 1.31 bits per heavy atom. The second-order valence-corrected chi connectivity index (χ2v) is 6.28.